The predicted octanol–water partition coefficient (Wildman–Crippen LogP) is 2.54. The smallest absolute Gasteiger partial charge is 0.115 e. The number of rotatable bonds is 4. The fraction of sp³-hybridized carbons (Fsp3) is 0.600. The molecule has 2 N–H and O–H groups in total. The molecule has 0 aromatic heterocycles. The molecule has 98 valence electrons. The Morgan fingerprint density at radius 3 is 3.11 bits per heavy atom. The molecular weight excluding hydrogens is 226 g/mol. The van der Waals surface area contributed by atoms with Gasteiger partial charge in [-0.05, 0) is 61.9 Å². The fourth-order valence-electron chi connectivity index (χ4n) is 3.11. The van der Waals surface area contributed by atoms with Gasteiger partial charge in [0.15, 0.2) is 0 Å². The third kappa shape index (κ3) is 2.52. The van der Waals surface area contributed by atoms with Crippen molar-refractivity contribution in [2.45, 2.75) is 44.2 Å². The van der Waals surface area contributed by atoms with Crippen LogP contribution in [0.5, 0.6) is 5.75 Å². The summed E-state index contributed by atoms with van der Waals surface area (Å²) in [5, 5.41) is 13.1. The van der Waals surface area contributed by atoms with E-state index in [1.54, 1.807) is 6.07 Å². The minimum absolute atomic E-state index is 0.383. The number of ether oxygens (including phenoxy) is 1. The molecular formula is C15H21NO2. The molecule has 1 aliphatic heterocycles. The first-order valence-electron chi connectivity index (χ1n) is 7.00. The Balaban J connectivity index is 1.53. The SMILES string of the molecule is Oc1ccc2c(c1)CCC2NCCC1CCCO1. The Morgan fingerprint density at radius 2 is 2.28 bits per heavy atom. The van der Waals surface area contributed by atoms with Crippen LogP contribution in [-0.2, 0) is 11.2 Å². The zero-order valence-corrected chi connectivity index (χ0v) is 10.7. The van der Waals surface area contributed by atoms with Crippen LogP contribution < -0.4 is 5.32 Å². The largest absolute Gasteiger partial charge is 0.508 e. The van der Waals surface area contributed by atoms with Crippen LogP contribution in [-0.4, -0.2) is 24.4 Å². The van der Waals surface area contributed by atoms with E-state index in [1.165, 1.54) is 24.0 Å². The molecule has 1 aliphatic carbocycles. The molecule has 0 amide bonds. The van der Waals surface area contributed by atoms with Crippen molar-refractivity contribution in [3.05, 3.63) is 29.3 Å². The summed E-state index contributed by atoms with van der Waals surface area (Å²) in [5.74, 6) is 0.383. The van der Waals surface area contributed by atoms with Crippen molar-refractivity contribution >= 4 is 0 Å². The number of hydrogen-bond acceptors (Lipinski definition) is 3. The van der Waals surface area contributed by atoms with Crippen LogP contribution in [0, 0.1) is 0 Å². The monoisotopic (exact) mass is 247 g/mol. The van der Waals surface area contributed by atoms with Crippen LogP contribution in [0.25, 0.3) is 0 Å². The highest BCUT2D eigenvalue weighted by molar-refractivity contribution is 5.39. The van der Waals surface area contributed by atoms with E-state index in [0.717, 1.165) is 32.4 Å². The van der Waals surface area contributed by atoms with Crippen LogP contribution >= 0.6 is 0 Å². The number of benzene rings is 1. The lowest BCUT2D eigenvalue weighted by atomic mass is 10.1. The van der Waals surface area contributed by atoms with Gasteiger partial charge < -0.3 is 15.2 Å². The van der Waals surface area contributed by atoms with Crippen LogP contribution in [0.4, 0.5) is 0 Å². The van der Waals surface area contributed by atoms with E-state index in [9.17, 15) is 5.11 Å². The Hall–Kier alpha value is -1.06. The average Bonchev–Trinajstić information content (AvgIpc) is 2.99. The van der Waals surface area contributed by atoms with Gasteiger partial charge in [0.1, 0.15) is 5.75 Å². The normalized spacial score (nSPS) is 26.4. The highest BCUT2D eigenvalue weighted by Gasteiger charge is 2.22. The van der Waals surface area contributed by atoms with Gasteiger partial charge in [-0.3, -0.25) is 0 Å². The number of fused-ring (bicyclic) bond motifs is 1. The molecule has 1 fully saturated rings. The fourth-order valence-corrected chi connectivity index (χ4v) is 3.11. The predicted molar refractivity (Wildman–Crippen MR) is 70.8 cm³/mol. The first-order chi connectivity index (χ1) is 8.83. The third-order valence-electron chi connectivity index (χ3n) is 4.09. The van der Waals surface area contributed by atoms with E-state index in [0.29, 0.717) is 17.9 Å². The first-order valence-corrected chi connectivity index (χ1v) is 7.00. The van der Waals surface area contributed by atoms with E-state index in [-0.39, 0.29) is 0 Å². The van der Waals surface area contributed by atoms with E-state index in [2.05, 4.69) is 11.4 Å². The number of aryl methyl sites for hydroxylation is 1. The quantitative estimate of drug-likeness (QED) is 0.859. The molecule has 1 aromatic rings. The molecule has 2 aliphatic rings. The molecule has 2 unspecified atom stereocenters. The molecule has 2 atom stereocenters. The molecule has 0 radical (unpaired) electrons. The van der Waals surface area contributed by atoms with Crippen LogP contribution in [0.2, 0.25) is 0 Å². The summed E-state index contributed by atoms with van der Waals surface area (Å²) in [6.07, 6.45) is 6.24. The Morgan fingerprint density at radius 1 is 1.33 bits per heavy atom. The van der Waals surface area contributed by atoms with Gasteiger partial charge in [0.05, 0.1) is 6.10 Å². The molecule has 0 spiro atoms. The first kappa shape index (κ1) is 12.0. The van der Waals surface area contributed by atoms with Gasteiger partial charge in [-0.1, -0.05) is 6.07 Å². The van der Waals surface area contributed by atoms with Crippen molar-refractivity contribution < 1.29 is 9.84 Å². The lowest BCUT2D eigenvalue weighted by molar-refractivity contribution is 0.103. The molecule has 3 nitrogen and oxygen atoms in total. The zero-order valence-electron chi connectivity index (χ0n) is 10.7. The van der Waals surface area contributed by atoms with Crippen molar-refractivity contribution in [3.8, 4) is 5.75 Å². The number of hydrogen-bond donors (Lipinski definition) is 2. The van der Waals surface area contributed by atoms with Gasteiger partial charge in [-0.15, -0.1) is 0 Å². The second-order valence-corrected chi connectivity index (χ2v) is 5.35. The topological polar surface area (TPSA) is 41.5 Å². The highest BCUT2D eigenvalue weighted by Crippen LogP contribution is 2.33. The second-order valence-electron chi connectivity index (χ2n) is 5.35. The van der Waals surface area contributed by atoms with Crippen molar-refractivity contribution in [2.24, 2.45) is 0 Å². The van der Waals surface area contributed by atoms with Gasteiger partial charge in [0, 0.05) is 12.6 Å². The average molecular weight is 247 g/mol. The molecule has 1 saturated heterocycles. The van der Waals surface area contributed by atoms with Gasteiger partial charge in [0.2, 0.25) is 0 Å². The molecule has 0 saturated carbocycles. The van der Waals surface area contributed by atoms with Crippen molar-refractivity contribution in [3.63, 3.8) is 0 Å². The summed E-state index contributed by atoms with van der Waals surface area (Å²) >= 11 is 0. The lowest BCUT2D eigenvalue weighted by Crippen LogP contribution is -2.23. The summed E-state index contributed by atoms with van der Waals surface area (Å²) in [4.78, 5) is 0. The molecule has 1 aromatic carbocycles. The maximum Gasteiger partial charge on any atom is 0.115 e. The molecule has 18 heavy (non-hydrogen) atoms. The van der Waals surface area contributed by atoms with Crippen LogP contribution in [0.3, 0.4) is 0 Å². The van der Waals surface area contributed by atoms with Crippen molar-refractivity contribution in [1.29, 1.82) is 0 Å². The second kappa shape index (κ2) is 5.29. The lowest BCUT2D eigenvalue weighted by Gasteiger charge is -2.16. The van der Waals surface area contributed by atoms with Crippen LogP contribution in [0.15, 0.2) is 18.2 Å². The van der Waals surface area contributed by atoms with Gasteiger partial charge in [-0.2, -0.15) is 0 Å². The summed E-state index contributed by atoms with van der Waals surface area (Å²) in [5.41, 5.74) is 2.66. The third-order valence-corrected chi connectivity index (χ3v) is 4.09. The molecule has 1 heterocycles. The Bertz CT molecular complexity index is 413. The minimum atomic E-state index is 0.383. The zero-order chi connectivity index (χ0) is 12.4. The maximum absolute atomic E-state index is 9.47. The van der Waals surface area contributed by atoms with Crippen molar-refractivity contribution in [1.82, 2.24) is 5.32 Å². The summed E-state index contributed by atoms with van der Waals surface area (Å²) in [6.45, 7) is 1.96. The van der Waals surface area contributed by atoms with E-state index < -0.39 is 0 Å². The van der Waals surface area contributed by atoms with Gasteiger partial charge >= 0.3 is 0 Å². The summed E-state index contributed by atoms with van der Waals surface area (Å²) in [7, 11) is 0. The van der Waals surface area contributed by atoms with Gasteiger partial charge in [-0.25, -0.2) is 0 Å². The highest BCUT2D eigenvalue weighted by atomic mass is 16.5. The minimum Gasteiger partial charge on any atom is -0.508 e. The van der Waals surface area contributed by atoms with E-state index in [1.807, 2.05) is 6.07 Å². The Labute approximate surface area is 108 Å². The van der Waals surface area contributed by atoms with Gasteiger partial charge in [0.25, 0.3) is 0 Å². The Kier molecular flexibility index (Phi) is 3.52. The molecule has 0 bridgehead atoms. The number of aromatic hydroxyl groups is 1. The van der Waals surface area contributed by atoms with Crippen molar-refractivity contribution in [2.75, 3.05) is 13.2 Å². The summed E-state index contributed by atoms with van der Waals surface area (Å²) < 4.78 is 5.63. The number of nitrogens with one attached hydrogen (secondary N) is 1. The number of phenols is 1. The summed E-state index contributed by atoms with van der Waals surface area (Å²) in [6, 6.07) is 6.21. The number of phenolic OH excluding ortho intramolecular Hbond substituents is 1. The van der Waals surface area contributed by atoms with E-state index >= 15 is 0 Å². The maximum atomic E-state index is 9.47. The van der Waals surface area contributed by atoms with Crippen LogP contribution in [0.1, 0.15) is 42.9 Å². The molecule has 3 heteroatoms. The van der Waals surface area contributed by atoms with E-state index in [4.69, 9.17) is 4.74 Å². The standard InChI is InChI=1S/C15H21NO2/c17-12-4-5-14-11(10-12)3-6-15(14)16-8-7-13-2-1-9-18-13/h4-5,10,13,15-17H,1-3,6-9H2. The molecule has 3 rings (SSSR count).